The lowest BCUT2D eigenvalue weighted by molar-refractivity contribution is 0.321. The number of aryl methyl sites for hydroxylation is 2. The van der Waals surface area contributed by atoms with Crippen LogP contribution in [-0.2, 0) is 20.7 Å². The molecule has 0 unspecified atom stereocenters. The second-order valence-electron chi connectivity index (χ2n) is 4.29. The summed E-state index contributed by atoms with van der Waals surface area (Å²) in [6.45, 7) is 3.77. The van der Waals surface area contributed by atoms with Gasteiger partial charge in [-0.15, -0.1) is 11.3 Å². The lowest BCUT2D eigenvalue weighted by atomic mass is 10.2. The molecule has 0 saturated heterocycles. The van der Waals surface area contributed by atoms with Crippen molar-refractivity contribution in [2.24, 2.45) is 0 Å². The predicted octanol–water partition coefficient (Wildman–Crippen LogP) is 3.36. The molecule has 2 aromatic rings. The van der Waals surface area contributed by atoms with Crippen LogP contribution < -0.4 is 0 Å². The number of benzene rings is 1. The molecule has 1 aromatic heterocycles. The van der Waals surface area contributed by atoms with Gasteiger partial charge in [-0.05, 0) is 26.0 Å². The van der Waals surface area contributed by atoms with E-state index in [2.05, 4.69) is 4.98 Å². The van der Waals surface area contributed by atoms with Crippen LogP contribution in [0.2, 0.25) is 4.34 Å². The van der Waals surface area contributed by atoms with Crippen LogP contribution in [0.25, 0.3) is 0 Å². The zero-order valence-electron chi connectivity index (χ0n) is 11.1. The van der Waals surface area contributed by atoms with E-state index in [-0.39, 0.29) is 11.5 Å². The Kier molecular flexibility index (Phi) is 4.80. The van der Waals surface area contributed by atoms with Crippen LogP contribution in [0.15, 0.2) is 29.2 Å². The van der Waals surface area contributed by atoms with Crippen LogP contribution in [0.4, 0.5) is 0 Å². The third-order valence-corrected chi connectivity index (χ3v) is 5.22. The molecule has 0 saturated carbocycles. The number of halogens is 1. The van der Waals surface area contributed by atoms with Crippen LogP contribution in [-0.4, -0.2) is 20.0 Å². The van der Waals surface area contributed by atoms with E-state index < -0.39 is 10.1 Å². The van der Waals surface area contributed by atoms with Gasteiger partial charge >= 0.3 is 0 Å². The SMILES string of the molecule is Cc1ccc(S(=O)(=O)OCCc2nc(C)sc2Cl)cc1. The van der Waals surface area contributed by atoms with Gasteiger partial charge in [0.1, 0.15) is 4.34 Å². The molecule has 7 heteroatoms. The van der Waals surface area contributed by atoms with Crippen LogP contribution in [0, 0.1) is 13.8 Å². The van der Waals surface area contributed by atoms with Gasteiger partial charge in [0, 0.05) is 6.42 Å². The summed E-state index contributed by atoms with van der Waals surface area (Å²) < 4.78 is 29.5. The Hall–Kier alpha value is -0.950. The monoisotopic (exact) mass is 331 g/mol. The Morgan fingerprint density at radius 1 is 1.25 bits per heavy atom. The predicted molar refractivity (Wildman–Crippen MR) is 79.9 cm³/mol. The van der Waals surface area contributed by atoms with E-state index in [9.17, 15) is 8.42 Å². The van der Waals surface area contributed by atoms with E-state index in [1.54, 1.807) is 12.1 Å². The fraction of sp³-hybridized carbons (Fsp3) is 0.308. The highest BCUT2D eigenvalue weighted by Crippen LogP contribution is 2.24. The Labute approximate surface area is 127 Å². The summed E-state index contributed by atoms with van der Waals surface area (Å²) in [5, 5.41) is 0.853. The molecular weight excluding hydrogens is 318 g/mol. The molecule has 0 spiro atoms. The van der Waals surface area contributed by atoms with Gasteiger partial charge in [0.25, 0.3) is 10.1 Å². The standard InChI is InChI=1S/C13H14ClNO3S2/c1-9-3-5-11(6-4-9)20(16,17)18-8-7-12-13(14)19-10(2)15-12/h3-6H,7-8H2,1-2H3. The maximum atomic E-state index is 12.0. The maximum absolute atomic E-state index is 12.0. The van der Waals surface area contributed by atoms with Gasteiger partial charge < -0.3 is 0 Å². The minimum atomic E-state index is -3.72. The zero-order chi connectivity index (χ0) is 14.8. The molecule has 1 heterocycles. The molecular formula is C13H14ClNO3S2. The first-order valence-electron chi connectivity index (χ1n) is 5.96. The van der Waals surface area contributed by atoms with Gasteiger partial charge in [-0.2, -0.15) is 8.42 Å². The summed E-state index contributed by atoms with van der Waals surface area (Å²) >= 11 is 7.35. The largest absolute Gasteiger partial charge is 0.296 e. The number of aromatic nitrogens is 1. The fourth-order valence-electron chi connectivity index (χ4n) is 1.62. The third-order valence-electron chi connectivity index (χ3n) is 2.64. The highest BCUT2D eigenvalue weighted by Gasteiger charge is 2.15. The lowest BCUT2D eigenvalue weighted by Gasteiger charge is -2.05. The van der Waals surface area contributed by atoms with Crippen molar-refractivity contribution in [3.63, 3.8) is 0 Å². The molecule has 4 nitrogen and oxygen atoms in total. The van der Waals surface area contributed by atoms with E-state index in [1.165, 1.54) is 23.5 Å². The molecule has 20 heavy (non-hydrogen) atoms. The quantitative estimate of drug-likeness (QED) is 0.788. The molecule has 0 N–H and O–H groups in total. The smallest absolute Gasteiger partial charge is 0.266 e. The lowest BCUT2D eigenvalue weighted by Crippen LogP contribution is -2.09. The first kappa shape index (κ1) is 15.4. The van der Waals surface area contributed by atoms with Crippen molar-refractivity contribution in [3.05, 3.63) is 44.9 Å². The van der Waals surface area contributed by atoms with E-state index in [4.69, 9.17) is 15.8 Å². The summed E-state index contributed by atoms with van der Waals surface area (Å²) in [5.41, 5.74) is 1.67. The molecule has 0 amide bonds. The van der Waals surface area contributed by atoms with Gasteiger partial charge in [0.15, 0.2) is 0 Å². The molecule has 2 rings (SSSR count). The highest BCUT2D eigenvalue weighted by molar-refractivity contribution is 7.86. The summed E-state index contributed by atoms with van der Waals surface area (Å²) in [6, 6.07) is 6.53. The second kappa shape index (κ2) is 6.22. The first-order chi connectivity index (χ1) is 9.38. The number of thiazole rings is 1. The average Bonchev–Trinajstić information content (AvgIpc) is 2.68. The van der Waals surface area contributed by atoms with Crippen molar-refractivity contribution >= 4 is 33.1 Å². The Bertz CT molecular complexity index is 693. The Morgan fingerprint density at radius 3 is 2.45 bits per heavy atom. The number of hydrogen-bond donors (Lipinski definition) is 0. The van der Waals surface area contributed by atoms with Gasteiger partial charge in [0.2, 0.25) is 0 Å². The van der Waals surface area contributed by atoms with Gasteiger partial charge in [-0.25, -0.2) is 4.98 Å². The van der Waals surface area contributed by atoms with Crippen molar-refractivity contribution < 1.29 is 12.6 Å². The Morgan fingerprint density at radius 2 is 1.90 bits per heavy atom. The number of nitrogens with zero attached hydrogens (tertiary/aromatic N) is 1. The molecule has 0 bridgehead atoms. The van der Waals surface area contributed by atoms with Crippen molar-refractivity contribution in [3.8, 4) is 0 Å². The molecule has 0 fully saturated rings. The average molecular weight is 332 g/mol. The molecule has 0 atom stereocenters. The topological polar surface area (TPSA) is 56.3 Å². The highest BCUT2D eigenvalue weighted by atomic mass is 35.5. The van der Waals surface area contributed by atoms with E-state index in [0.29, 0.717) is 16.5 Å². The molecule has 0 aliphatic carbocycles. The molecule has 108 valence electrons. The van der Waals surface area contributed by atoms with Gasteiger partial charge in [0.05, 0.1) is 22.2 Å². The minimum absolute atomic E-state index is 0.0269. The zero-order valence-corrected chi connectivity index (χ0v) is 13.5. The normalized spacial score (nSPS) is 11.8. The van der Waals surface area contributed by atoms with E-state index >= 15 is 0 Å². The summed E-state index contributed by atoms with van der Waals surface area (Å²) in [7, 11) is -3.72. The second-order valence-corrected chi connectivity index (χ2v) is 7.71. The molecule has 1 aromatic carbocycles. The van der Waals surface area contributed by atoms with Crippen molar-refractivity contribution in [1.82, 2.24) is 4.98 Å². The summed E-state index contributed by atoms with van der Waals surface area (Å²) in [4.78, 5) is 4.38. The fourth-order valence-corrected chi connectivity index (χ4v) is 3.68. The third kappa shape index (κ3) is 3.79. The van der Waals surface area contributed by atoms with E-state index in [0.717, 1.165) is 10.6 Å². The van der Waals surface area contributed by atoms with Crippen LogP contribution in [0.3, 0.4) is 0 Å². The van der Waals surface area contributed by atoms with Gasteiger partial charge in [-0.3, -0.25) is 4.18 Å². The van der Waals surface area contributed by atoms with Crippen molar-refractivity contribution in [1.29, 1.82) is 0 Å². The van der Waals surface area contributed by atoms with E-state index in [1.807, 2.05) is 13.8 Å². The van der Waals surface area contributed by atoms with Crippen LogP contribution in [0.1, 0.15) is 16.3 Å². The Balaban J connectivity index is 1.99. The van der Waals surface area contributed by atoms with Gasteiger partial charge in [-0.1, -0.05) is 29.3 Å². The van der Waals surface area contributed by atoms with Crippen molar-refractivity contribution in [2.45, 2.75) is 25.2 Å². The number of rotatable bonds is 5. The summed E-state index contributed by atoms with van der Waals surface area (Å²) in [5.74, 6) is 0. The molecule has 0 aliphatic rings. The minimum Gasteiger partial charge on any atom is -0.266 e. The molecule has 0 aliphatic heterocycles. The van der Waals surface area contributed by atoms with Crippen LogP contribution in [0.5, 0.6) is 0 Å². The first-order valence-corrected chi connectivity index (χ1v) is 8.56. The maximum Gasteiger partial charge on any atom is 0.296 e. The number of hydrogen-bond acceptors (Lipinski definition) is 5. The van der Waals surface area contributed by atoms with Crippen molar-refractivity contribution in [2.75, 3.05) is 6.61 Å². The van der Waals surface area contributed by atoms with Crippen LogP contribution >= 0.6 is 22.9 Å². The molecule has 0 radical (unpaired) electrons. The summed E-state index contributed by atoms with van der Waals surface area (Å²) in [6.07, 6.45) is 0.369.